The van der Waals surface area contributed by atoms with Crippen molar-refractivity contribution in [1.82, 2.24) is 10.2 Å². The van der Waals surface area contributed by atoms with Gasteiger partial charge in [0.1, 0.15) is 18.1 Å². The molecule has 0 aliphatic heterocycles. The normalized spacial score (nSPS) is 10.5. The predicted octanol–water partition coefficient (Wildman–Crippen LogP) is 2.61. The molecule has 2 rings (SSSR count). The Hall–Kier alpha value is -3.28. The van der Waals surface area contributed by atoms with Crippen molar-refractivity contribution in [3.63, 3.8) is 0 Å². The van der Waals surface area contributed by atoms with Crippen molar-refractivity contribution in [2.75, 3.05) is 34.4 Å². The van der Waals surface area contributed by atoms with Gasteiger partial charge in [-0.05, 0) is 48.0 Å². The number of carbonyl (C=O) groups is 2. The summed E-state index contributed by atoms with van der Waals surface area (Å²) in [4.78, 5) is 25.3. The third-order valence-electron chi connectivity index (χ3n) is 3.95. The number of hydrogen-bond donors (Lipinski definition) is 1. The van der Waals surface area contributed by atoms with Crippen LogP contribution in [0.2, 0.25) is 0 Å². The summed E-state index contributed by atoms with van der Waals surface area (Å²) in [6.45, 7) is 0.855. The van der Waals surface area contributed by atoms with E-state index in [1.165, 1.54) is 6.08 Å². The molecule has 0 radical (unpaired) electrons. The predicted molar refractivity (Wildman–Crippen MR) is 105 cm³/mol. The largest absolute Gasteiger partial charge is 0.497 e. The van der Waals surface area contributed by atoms with Crippen molar-refractivity contribution in [2.45, 2.75) is 0 Å². The van der Waals surface area contributed by atoms with Gasteiger partial charge in [-0.2, -0.15) is 0 Å². The summed E-state index contributed by atoms with van der Waals surface area (Å²) in [5.41, 5.74) is 1.42. The minimum absolute atomic E-state index is 0.122. The van der Waals surface area contributed by atoms with E-state index in [0.717, 1.165) is 17.1 Å². The van der Waals surface area contributed by atoms with Gasteiger partial charge in [0.2, 0.25) is 5.91 Å². The van der Waals surface area contributed by atoms with Gasteiger partial charge in [0.05, 0.1) is 13.7 Å². The highest BCUT2D eigenvalue weighted by Crippen LogP contribution is 2.16. The zero-order valence-electron chi connectivity index (χ0n) is 15.8. The molecule has 0 spiro atoms. The lowest BCUT2D eigenvalue weighted by Crippen LogP contribution is -2.29. The van der Waals surface area contributed by atoms with Crippen LogP contribution in [0, 0.1) is 0 Å². The topological polar surface area (TPSA) is 67.9 Å². The molecule has 0 fully saturated rings. The van der Waals surface area contributed by atoms with Crippen LogP contribution < -0.4 is 14.8 Å². The molecule has 0 aliphatic carbocycles. The van der Waals surface area contributed by atoms with Crippen LogP contribution in [0.3, 0.4) is 0 Å². The van der Waals surface area contributed by atoms with Gasteiger partial charge in [0, 0.05) is 25.7 Å². The molecule has 2 aromatic rings. The van der Waals surface area contributed by atoms with Crippen LogP contribution in [-0.4, -0.2) is 51.1 Å². The Morgan fingerprint density at radius 1 is 1.04 bits per heavy atom. The Morgan fingerprint density at radius 3 is 2.26 bits per heavy atom. The van der Waals surface area contributed by atoms with Crippen LogP contribution in [0.15, 0.2) is 54.6 Å². The fraction of sp³-hybridized carbons (Fsp3) is 0.238. The number of nitrogens with one attached hydrogen (secondary N) is 1. The molecular formula is C21H24N2O4. The van der Waals surface area contributed by atoms with Gasteiger partial charge >= 0.3 is 0 Å². The van der Waals surface area contributed by atoms with Crippen LogP contribution in [0.1, 0.15) is 15.9 Å². The number of likely N-dealkylation sites (N-methyl/N-ethyl adjacent to an activating group) is 1. The summed E-state index contributed by atoms with van der Waals surface area (Å²) in [7, 11) is 4.92. The van der Waals surface area contributed by atoms with Gasteiger partial charge < -0.3 is 19.7 Å². The molecule has 0 saturated carbocycles. The van der Waals surface area contributed by atoms with Crippen LogP contribution in [0.25, 0.3) is 6.08 Å². The maximum Gasteiger partial charge on any atom is 0.251 e. The first-order valence-electron chi connectivity index (χ1n) is 8.55. The highest BCUT2D eigenvalue weighted by Gasteiger charge is 2.06. The van der Waals surface area contributed by atoms with E-state index in [1.54, 1.807) is 56.4 Å². The van der Waals surface area contributed by atoms with Crippen LogP contribution in [0.5, 0.6) is 11.5 Å². The molecule has 2 amide bonds. The lowest BCUT2D eigenvalue weighted by atomic mass is 10.1. The van der Waals surface area contributed by atoms with Crippen molar-refractivity contribution in [1.29, 1.82) is 0 Å². The standard InChI is InChI=1S/C21H24N2O4/c1-22-21(25)17-7-4-16(5-8-17)6-13-20(24)23(2)14-15-27-19-11-9-18(26-3)10-12-19/h4-13H,14-15H2,1-3H3,(H,22,25)/b13-6+. The first kappa shape index (κ1) is 20.0. The highest BCUT2D eigenvalue weighted by atomic mass is 16.5. The first-order valence-corrected chi connectivity index (χ1v) is 8.55. The SMILES string of the molecule is CNC(=O)c1ccc(/C=C/C(=O)N(C)CCOc2ccc(OC)cc2)cc1. The van der Waals surface area contributed by atoms with Crippen molar-refractivity contribution < 1.29 is 19.1 Å². The van der Waals surface area contributed by atoms with E-state index in [0.29, 0.717) is 18.7 Å². The summed E-state index contributed by atoms with van der Waals surface area (Å²) in [6.07, 6.45) is 3.22. The maximum atomic E-state index is 12.2. The average molecular weight is 368 g/mol. The quantitative estimate of drug-likeness (QED) is 0.728. The molecule has 0 bridgehead atoms. The zero-order valence-corrected chi connectivity index (χ0v) is 15.8. The molecule has 1 N–H and O–H groups in total. The minimum Gasteiger partial charge on any atom is -0.497 e. The second-order valence-corrected chi connectivity index (χ2v) is 5.82. The number of benzene rings is 2. The zero-order chi connectivity index (χ0) is 19.6. The lowest BCUT2D eigenvalue weighted by Gasteiger charge is -2.15. The summed E-state index contributed by atoms with van der Waals surface area (Å²) in [5.74, 6) is 1.23. The molecule has 0 saturated heterocycles. The molecule has 0 unspecified atom stereocenters. The summed E-state index contributed by atoms with van der Waals surface area (Å²) in [6, 6.07) is 14.3. The Morgan fingerprint density at radius 2 is 1.67 bits per heavy atom. The smallest absolute Gasteiger partial charge is 0.251 e. The second-order valence-electron chi connectivity index (χ2n) is 5.82. The Labute approximate surface area is 159 Å². The van der Waals surface area contributed by atoms with E-state index >= 15 is 0 Å². The van der Waals surface area contributed by atoms with Crippen molar-refractivity contribution in [3.05, 3.63) is 65.7 Å². The Bertz CT molecular complexity index is 783. The van der Waals surface area contributed by atoms with E-state index < -0.39 is 0 Å². The lowest BCUT2D eigenvalue weighted by molar-refractivity contribution is -0.125. The van der Waals surface area contributed by atoms with Crippen molar-refractivity contribution >= 4 is 17.9 Å². The number of ether oxygens (including phenoxy) is 2. The summed E-state index contributed by atoms with van der Waals surface area (Å²) < 4.78 is 10.7. The summed E-state index contributed by atoms with van der Waals surface area (Å²) >= 11 is 0. The summed E-state index contributed by atoms with van der Waals surface area (Å²) in [5, 5.41) is 2.57. The molecule has 0 aliphatic rings. The molecular weight excluding hydrogens is 344 g/mol. The number of amides is 2. The molecule has 0 atom stereocenters. The number of nitrogens with zero attached hydrogens (tertiary/aromatic N) is 1. The van der Waals surface area contributed by atoms with E-state index in [-0.39, 0.29) is 11.8 Å². The van der Waals surface area contributed by atoms with Gasteiger partial charge in [0.15, 0.2) is 0 Å². The number of hydrogen-bond acceptors (Lipinski definition) is 4. The first-order chi connectivity index (χ1) is 13.0. The maximum absolute atomic E-state index is 12.2. The van der Waals surface area contributed by atoms with Gasteiger partial charge in [-0.15, -0.1) is 0 Å². The monoisotopic (exact) mass is 368 g/mol. The highest BCUT2D eigenvalue weighted by molar-refractivity contribution is 5.94. The van der Waals surface area contributed by atoms with E-state index in [4.69, 9.17) is 9.47 Å². The average Bonchev–Trinajstić information content (AvgIpc) is 2.72. The van der Waals surface area contributed by atoms with Crippen LogP contribution in [0.4, 0.5) is 0 Å². The second kappa shape index (κ2) is 10.0. The Balaban J connectivity index is 1.80. The molecule has 0 heterocycles. The van der Waals surface area contributed by atoms with E-state index in [9.17, 15) is 9.59 Å². The molecule has 2 aromatic carbocycles. The van der Waals surface area contributed by atoms with Crippen molar-refractivity contribution in [2.24, 2.45) is 0 Å². The van der Waals surface area contributed by atoms with E-state index in [1.807, 2.05) is 24.3 Å². The Kier molecular flexibility index (Phi) is 7.43. The van der Waals surface area contributed by atoms with Crippen LogP contribution in [-0.2, 0) is 4.79 Å². The molecule has 6 heteroatoms. The minimum atomic E-state index is -0.141. The molecule has 6 nitrogen and oxygen atoms in total. The number of rotatable bonds is 8. The van der Waals surface area contributed by atoms with Gasteiger partial charge in [-0.25, -0.2) is 0 Å². The van der Waals surface area contributed by atoms with Crippen molar-refractivity contribution in [3.8, 4) is 11.5 Å². The van der Waals surface area contributed by atoms with E-state index in [2.05, 4.69) is 5.32 Å². The number of methoxy groups -OCH3 is 1. The third kappa shape index (κ3) is 6.18. The molecule has 27 heavy (non-hydrogen) atoms. The van der Waals surface area contributed by atoms with Crippen LogP contribution >= 0.6 is 0 Å². The van der Waals surface area contributed by atoms with Gasteiger partial charge in [-0.3, -0.25) is 9.59 Å². The third-order valence-corrected chi connectivity index (χ3v) is 3.95. The van der Waals surface area contributed by atoms with Gasteiger partial charge in [-0.1, -0.05) is 12.1 Å². The fourth-order valence-electron chi connectivity index (χ4n) is 2.27. The fourth-order valence-corrected chi connectivity index (χ4v) is 2.27. The molecule has 0 aromatic heterocycles. The number of carbonyl (C=O) groups excluding carboxylic acids is 2. The molecule has 142 valence electrons. The van der Waals surface area contributed by atoms with Gasteiger partial charge in [0.25, 0.3) is 5.91 Å².